The molecular weight excluding hydrogens is 491 g/mol. The molecule has 5 N–H and O–H groups in total. The Labute approximate surface area is 218 Å². The smallest absolute Gasteiger partial charge is 0.185 e. The van der Waals surface area contributed by atoms with Crippen LogP contribution in [0.3, 0.4) is 0 Å². The van der Waals surface area contributed by atoms with Gasteiger partial charge in [-0.25, -0.2) is 9.97 Å². The van der Waals surface area contributed by atoms with Gasteiger partial charge in [-0.2, -0.15) is 0 Å². The summed E-state index contributed by atoms with van der Waals surface area (Å²) in [5, 5.41) is 16.0. The maximum atomic E-state index is 7.54. The van der Waals surface area contributed by atoms with Gasteiger partial charge in [0.15, 0.2) is 11.8 Å². The number of guanidine groups is 1. The molecular formula is C25H31Cl3N6. The molecule has 1 heterocycles. The summed E-state index contributed by atoms with van der Waals surface area (Å²) < 4.78 is 0. The third-order valence-electron chi connectivity index (χ3n) is 6.00. The van der Waals surface area contributed by atoms with Crippen LogP contribution in [-0.4, -0.2) is 28.0 Å². The fraction of sp³-hybridized carbons (Fsp3) is 0.320. The number of nitrogens with zero attached hydrogens (tertiary/aromatic N) is 2. The minimum atomic E-state index is 0. The molecule has 0 saturated heterocycles. The summed E-state index contributed by atoms with van der Waals surface area (Å²) in [6.45, 7) is 4.21. The van der Waals surface area contributed by atoms with E-state index in [4.69, 9.17) is 32.7 Å². The number of halogens is 3. The van der Waals surface area contributed by atoms with Crippen molar-refractivity contribution in [3.63, 3.8) is 0 Å². The van der Waals surface area contributed by atoms with Gasteiger partial charge in [-0.3, -0.25) is 5.41 Å². The summed E-state index contributed by atoms with van der Waals surface area (Å²) in [5.74, 6) is 1.54. The molecule has 0 aliphatic heterocycles. The number of aryl methyl sites for hydroxylation is 2. The fourth-order valence-electron chi connectivity index (χ4n) is 4.20. The fourth-order valence-corrected chi connectivity index (χ4v) is 4.33. The van der Waals surface area contributed by atoms with Crippen LogP contribution < -0.4 is 16.4 Å². The highest BCUT2D eigenvalue weighted by molar-refractivity contribution is 6.30. The number of anilines is 1. The Balaban J connectivity index is 0.00000204. The summed E-state index contributed by atoms with van der Waals surface area (Å²) in [4.78, 5) is 9.66. The average Bonchev–Trinajstić information content (AvgIpc) is 2.74. The Morgan fingerprint density at radius 2 is 1.71 bits per heavy atom. The van der Waals surface area contributed by atoms with Crippen molar-refractivity contribution < 1.29 is 0 Å². The number of hydrogen-bond donors (Lipinski definition) is 4. The minimum absolute atomic E-state index is 0. The standard InChI is InChI=1S/C25H29ClN6.2ClH/c1-15-12-21-22(13-16(15)2)31-23(11-8-17-6-9-18(26)10-7-17)32-24(21)29-19-4-3-5-20(14-19)30-25(27)28;;/h6-13,19-20H,3-5,14H2,1-2H3,(H4,27,28,30)(H,29,31,32);2*1H/t19-,20+;;/m0../s1. The Morgan fingerprint density at radius 3 is 2.41 bits per heavy atom. The Kier molecular flexibility index (Phi) is 9.98. The van der Waals surface area contributed by atoms with Crippen molar-refractivity contribution in [3.05, 3.63) is 63.9 Å². The van der Waals surface area contributed by atoms with Gasteiger partial charge < -0.3 is 16.4 Å². The van der Waals surface area contributed by atoms with Crippen LogP contribution in [0.1, 0.15) is 48.2 Å². The van der Waals surface area contributed by atoms with Crippen LogP contribution >= 0.6 is 36.4 Å². The second-order valence-electron chi connectivity index (χ2n) is 8.53. The SMILES string of the molecule is Cc1cc2nc(C=Cc3ccc(Cl)cc3)nc(N[C@H]3CCC[C@@H](NC(=N)N)C3)c2cc1C.Cl.Cl. The molecule has 2 aromatic carbocycles. The van der Waals surface area contributed by atoms with Gasteiger partial charge in [-0.05, 0) is 86.6 Å². The summed E-state index contributed by atoms with van der Waals surface area (Å²) in [5.41, 5.74) is 9.94. The molecule has 6 nitrogen and oxygen atoms in total. The molecule has 0 radical (unpaired) electrons. The predicted molar refractivity (Wildman–Crippen MR) is 149 cm³/mol. The lowest BCUT2D eigenvalue weighted by molar-refractivity contribution is 0.384. The van der Waals surface area contributed by atoms with E-state index in [2.05, 4.69) is 36.6 Å². The first-order valence-corrected chi connectivity index (χ1v) is 11.3. The lowest BCUT2D eigenvalue weighted by Gasteiger charge is -2.31. The van der Waals surface area contributed by atoms with E-state index in [1.807, 2.05) is 36.4 Å². The highest BCUT2D eigenvalue weighted by atomic mass is 35.5. The predicted octanol–water partition coefficient (Wildman–Crippen LogP) is 6.12. The van der Waals surface area contributed by atoms with E-state index in [-0.39, 0.29) is 42.9 Å². The maximum absolute atomic E-state index is 7.54. The molecule has 1 aliphatic rings. The normalized spacial score (nSPS) is 17.6. The Morgan fingerprint density at radius 1 is 1.03 bits per heavy atom. The molecule has 3 aromatic rings. The molecule has 1 aliphatic carbocycles. The highest BCUT2D eigenvalue weighted by Crippen LogP contribution is 2.28. The van der Waals surface area contributed by atoms with Crippen LogP contribution in [0.5, 0.6) is 0 Å². The van der Waals surface area contributed by atoms with E-state index in [0.717, 1.165) is 48.0 Å². The molecule has 1 fully saturated rings. The second-order valence-corrected chi connectivity index (χ2v) is 8.97. The molecule has 9 heteroatoms. The molecule has 0 bridgehead atoms. The summed E-state index contributed by atoms with van der Waals surface area (Å²) in [7, 11) is 0. The van der Waals surface area contributed by atoms with Crippen molar-refractivity contribution in [1.82, 2.24) is 15.3 Å². The number of aromatic nitrogens is 2. The molecule has 1 saturated carbocycles. The van der Waals surface area contributed by atoms with Crippen LogP contribution in [-0.2, 0) is 0 Å². The zero-order chi connectivity index (χ0) is 22.7. The molecule has 0 spiro atoms. The molecule has 182 valence electrons. The van der Waals surface area contributed by atoms with Crippen molar-refractivity contribution in [1.29, 1.82) is 5.41 Å². The van der Waals surface area contributed by atoms with Crippen molar-refractivity contribution in [2.45, 2.75) is 51.6 Å². The van der Waals surface area contributed by atoms with Crippen LogP contribution in [0.4, 0.5) is 5.82 Å². The number of nitrogens with one attached hydrogen (secondary N) is 3. The van der Waals surface area contributed by atoms with Crippen LogP contribution in [0, 0.1) is 19.3 Å². The van der Waals surface area contributed by atoms with E-state index in [0.29, 0.717) is 10.8 Å². The van der Waals surface area contributed by atoms with Crippen molar-refractivity contribution >= 4 is 71.2 Å². The van der Waals surface area contributed by atoms with E-state index in [1.165, 1.54) is 11.1 Å². The van der Waals surface area contributed by atoms with E-state index < -0.39 is 0 Å². The zero-order valence-corrected chi connectivity index (χ0v) is 21.7. The lowest BCUT2D eigenvalue weighted by atomic mass is 9.91. The highest BCUT2D eigenvalue weighted by Gasteiger charge is 2.23. The number of nitrogens with two attached hydrogens (primary N) is 1. The van der Waals surface area contributed by atoms with Gasteiger partial charge in [-0.1, -0.05) is 29.8 Å². The van der Waals surface area contributed by atoms with Crippen molar-refractivity contribution in [3.8, 4) is 0 Å². The Bertz CT molecular complexity index is 1160. The summed E-state index contributed by atoms with van der Waals surface area (Å²) in [6.07, 6.45) is 7.98. The van der Waals surface area contributed by atoms with Gasteiger partial charge in [0, 0.05) is 22.5 Å². The molecule has 0 amide bonds. The molecule has 2 atom stereocenters. The minimum Gasteiger partial charge on any atom is -0.370 e. The van der Waals surface area contributed by atoms with Crippen molar-refractivity contribution in [2.75, 3.05) is 5.32 Å². The first-order chi connectivity index (χ1) is 15.4. The third kappa shape index (κ3) is 6.98. The van der Waals surface area contributed by atoms with E-state index in [9.17, 15) is 0 Å². The second kappa shape index (κ2) is 12.2. The zero-order valence-electron chi connectivity index (χ0n) is 19.3. The summed E-state index contributed by atoms with van der Waals surface area (Å²) in [6, 6.07) is 12.4. The number of benzene rings is 2. The first kappa shape index (κ1) is 27.7. The van der Waals surface area contributed by atoms with Gasteiger partial charge in [0.25, 0.3) is 0 Å². The number of fused-ring (bicyclic) bond motifs is 1. The van der Waals surface area contributed by atoms with Gasteiger partial charge in [0.2, 0.25) is 0 Å². The molecule has 0 unspecified atom stereocenters. The lowest BCUT2D eigenvalue weighted by Crippen LogP contribution is -2.44. The largest absolute Gasteiger partial charge is 0.370 e. The van der Waals surface area contributed by atoms with Gasteiger partial charge >= 0.3 is 0 Å². The van der Waals surface area contributed by atoms with Crippen molar-refractivity contribution in [2.24, 2.45) is 5.73 Å². The van der Waals surface area contributed by atoms with Crippen LogP contribution in [0.15, 0.2) is 36.4 Å². The van der Waals surface area contributed by atoms with Crippen LogP contribution in [0.25, 0.3) is 23.1 Å². The quantitative estimate of drug-likeness (QED) is 0.239. The average molecular weight is 522 g/mol. The van der Waals surface area contributed by atoms with Crippen LogP contribution in [0.2, 0.25) is 5.02 Å². The van der Waals surface area contributed by atoms with E-state index in [1.54, 1.807) is 0 Å². The molecule has 4 rings (SSSR count). The summed E-state index contributed by atoms with van der Waals surface area (Å²) >= 11 is 5.99. The Hall–Kier alpha value is -2.54. The maximum Gasteiger partial charge on any atom is 0.185 e. The molecule has 1 aromatic heterocycles. The number of rotatable bonds is 5. The van der Waals surface area contributed by atoms with Gasteiger partial charge in [-0.15, -0.1) is 24.8 Å². The monoisotopic (exact) mass is 520 g/mol. The third-order valence-corrected chi connectivity index (χ3v) is 6.25. The molecule has 34 heavy (non-hydrogen) atoms. The topological polar surface area (TPSA) is 99.7 Å². The first-order valence-electron chi connectivity index (χ1n) is 11.0. The van der Waals surface area contributed by atoms with Gasteiger partial charge in [0.1, 0.15) is 5.82 Å². The van der Waals surface area contributed by atoms with Gasteiger partial charge in [0.05, 0.1) is 5.52 Å². The number of hydrogen-bond acceptors (Lipinski definition) is 4. The van der Waals surface area contributed by atoms with E-state index >= 15 is 0 Å².